The van der Waals surface area contributed by atoms with Gasteiger partial charge in [0.1, 0.15) is 12.0 Å². The molecule has 0 saturated heterocycles. The van der Waals surface area contributed by atoms with Crippen molar-refractivity contribution in [3.63, 3.8) is 0 Å². The van der Waals surface area contributed by atoms with Gasteiger partial charge in [-0.05, 0) is 59.4 Å². The van der Waals surface area contributed by atoms with Gasteiger partial charge in [-0.15, -0.1) is 0 Å². The van der Waals surface area contributed by atoms with E-state index in [1.54, 1.807) is 6.07 Å². The molecule has 0 amide bonds. The van der Waals surface area contributed by atoms with E-state index in [2.05, 4.69) is 61.5 Å². The second-order valence-corrected chi connectivity index (χ2v) is 8.57. The van der Waals surface area contributed by atoms with E-state index in [-0.39, 0.29) is 5.92 Å². The van der Waals surface area contributed by atoms with E-state index < -0.39 is 0 Å². The van der Waals surface area contributed by atoms with E-state index in [0.717, 1.165) is 36.4 Å². The molecule has 0 radical (unpaired) electrons. The first-order valence-electron chi connectivity index (χ1n) is 11.1. The summed E-state index contributed by atoms with van der Waals surface area (Å²) in [6.45, 7) is 2.26. The molecule has 31 heavy (non-hydrogen) atoms. The van der Waals surface area contributed by atoms with Crippen LogP contribution in [0.4, 0.5) is 0 Å². The van der Waals surface area contributed by atoms with Gasteiger partial charge in [0, 0.05) is 0 Å². The Hall–Kier alpha value is -3.33. The third-order valence-electron chi connectivity index (χ3n) is 6.70. The van der Waals surface area contributed by atoms with Crippen LogP contribution in [0, 0.1) is 5.92 Å². The molecule has 0 bridgehead atoms. The van der Waals surface area contributed by atoms with Gasteiger partial charge >= 0.3 is 0 Å². The molecular weight excluding hydrogens is 382 g/mol. The summed E-state index contributed by atoms with van der Waals surface area (Å²) in [6, 6.07) is 26.7. The van der Waals surface area contributed by atoms with Crippen molar-refractivity contribution in [2.75, 3.05) is 0 Å². The Balaban J connectivity index is 1.41. The number of phenols is 1. The van der Waals surface area contributed by atoms with Gasteiger partial charge in [0.2, 0.25) is 5.89 Å². The molecule has 3 nitrogen and oxygen atoms in total. The van der Waals surface area contributed by atoms with Gasteiger partial charge in [-0.3, -0.25) is 0 Å². The van der Waals surface area contributed by atoms with Crippen LogP contribution in [0.15, 0.2) is 89.5 Å². The predicted molar refractivity (Wildman–Crippen MR) is 122 cm³/mol. The first-order valence-corrected chi connectivity index (χ1v) is 11.1. The smallest absolute Gasteiger partial charge is 0.206 e. The van der Waals surface area contributed by atoms with Crippen molar-refractivity contribution >= 4 is 0 Å². The fraction of sp³-hybridized carbons (Fsp3) is 0.250. The number of aromatic nitrogens is 1. The van der Waals surface area contributed by atoms with E-state index in [4.69, 9.17) is 9.40 Å². The van der Waals surface area contributed by atoms with Gasteiger partial charge < -0.3 is 9.52 Å². The van der Waals surface area contributed by atoms with E-state index >= 15 is 0 Å². The highest BCUT2D eigenvalue weighted by atomic mass is 16.3. The van der Waals surface area contributed by atoms with Gasteiger partial charge in [-0.2, -0.15) is 0 Å². The first kappa shape index (κ1) is 19.6. The van der Waals surface area contributed by atoms with E-state index in [9.17, 15) is 5.11 Å². The van der Waals surface area contributed by atoms with Crippen LogP contribution >= 0.6 is 0 Å². The van der Waals surface area contributed by atoms with Gasteiger partial charge in [-0.25, -0.2) is 4.98 Å². The van der Waals surface area contributed by atoms with Crippen molar-refractivity contribution < 1.29 is 9.52 Å². The fourth-order valence-corrected chi connectivity index (χ4v) is 4.99. The molecule has 3 aromatic carbocycles. The van der Waals surface area contributed by atoms with Crippen molar-refractivity contribution in [1.82, 2.24) is 4.98 Å². The third-order valence-corrected chi connectivity index (χ3v) is 6.70. The minimum Gasteiger partial charge on any atom is -0.508 e. The maximum absolute atomic E-state index is 10.2. The summed E-state index contributed by atoms with van der Waals surface area (Å²) in [6.07, 6.45) is 4.68. The molecule has 2 atom stereocenters. The summed E-state index contributed by atoms with van der Waals surface area (Å²) in [5, 5.41) is 10.2. The zero-order chi connectivity index (χ0) is 21.2. The van der Waals surface area contributed by atoms with E-state index in [1.165, 1.54) is 16.7 Å². The molecule has 1 N–H and O–H groups in total. The Morgan fingerprint density at radius 3 is 2.29 bits per heavy atom. The molecule has 0 saturated carbocycles. The second-order valence-electron chi connectivity index (χ2n) is 8.57. The maximum Gasteiger partial charge on any atom is 0.206 e. The number of fused-ring (bicyclic) bond motifs is 1. The summed E-state index contributed by atoms with van der Waals surface area (Å²) >= 11 is 0. The Kier molecular flexibility index (Phi) is 5.33. The number of oxazole rings is 1. The van der Waals surface area contributed by atoms with Crippen molar-refractivity contribution in [3.8, 4) is 5.75 Å². The Morgan fingerprint density at radius 2 is 1.61 bits per heavy atom. The highest BCUT2D eigenvalue weighted by Crippen LogP contribution is 2.41. The van der Waals surface area contributed by atoms with Gasteiger partial charge in [0.25, 0.3) is 0 Å². The molecule has 1 heterocycles. The molecular formula is C28H27NO2. The van der Waals surface area contributed by atoms with Crippen molar-refractivity contribution in [1.29, 1.82) is 0 Å². The van der Waals surface area contributed by atoms with Crippen LogP contribution in [0.3, 0.4) is 0 Å². The molecule has 5 rings (SSSR count). The van der Waals surface area contributed by atoms with Gasteiger partial charge in [-0.1, -0.05) is 79.7 Å². The van der Waals surface area contributed by atoms with Gasteiger partial charge in [0.15, 0.2) is 0 Å². The SMILES string of the molecule is CC1c2cccc(O)c2CCC1Cc1coc(C(c2ccccc2)c2ccccc2)n1. The number of rotatable bonds is 5. The molecule has 1 aliphatic rings. The Labute approximate surface area is 183 Å². The Morgan fingerprint density at radius 1 is 0.935 bits per heavy atom. The summed E-state index contributed by atoms with van der Waals surface area (Å²) < 4.78 is 6.05. The summed E-state index contributed by atoms with van der Waals surface area (Å²) in [7, 11) is 0. The molecule has 156 valence electrons. The van der Waals surface area contributed by atoms with Crippen LogP contribution in [0.5, 0.6) is 5.75 Å². The highest BCUT2D eigenvalue weighted by molar-refractivity contribution is 5.43. The fourth-order valence-electron chi connectivity index (χ4n) is 4.99. The average Bonchev–Trinajstić information content (AvgIpc) is 3.26. The number of aromatic hydroxyl groups is 1. The minimum absolute atomic E-state index is 0.0161. The van der Waals surface area contributed by atoms with E-state index in [1.807, 2.05) is 24.5 Å². The number of phenolic OH excluding ortho intramolecular Hbond substituents is 1. The predicted octanol–water partition coefficient (Wildman–Crippen LogP) is 6.47. The van der Waals surface area contributed by atoms with Crippen molar-refractivity contribution in [2.45, 2.75) is 38.0 Å². The maximum atomic E-state index is 10.2. The van der Waals surface area contributed by atoms with Crippen molar-refractivity contribution in [2.24, 2.45) is 5.92 Å². The van der Waals surface area contributed by atoms with Crippen LogP contribution in [-0.4, -0.2) is 10.1 Å². The molecule has 0 fully saturated rings. The van der Waals surface area contributed by atoms with Crippen molar-refractivity contribution in [3.05, 3.63) is 119 Å². The number of nitrogens with zero attached hydrogens (tertiary/aromatic N) is 1. The lowest BCUT2D eigenvalue weighted by Gasteiger charge is -2.31. The van der Waals surface area contributed by atoms with Crippen LogP contribution < -0.4 is 0 Å². The molecule has 1 aromatic heterocycles. The van der Waals surface area contributed by atoms with Gasteiger partial charge in [0.05, 0.1) is 11.6 Å². The number of benzene rings is 3. The van der Waals surface area contributed by atoms with Crippen LogP contribution in [0.2, 0.25) is 0 Å². The lowest BCUT2D eigenvalue weighted by Crippen LogP contribution is -2.21. The molecule has 2 unspecified atom stereocenters. The topological polar surface area (TPSA) is 46.3 Å². The zero-order valence-electron chi connectivity index (χ0n) is 17.7. The lowest BCUT2D eigenvalue weighted by atomic mass is 9.74. The first-order chi connectivity index (χ1) is 15.2. The lowest BCUT2D eigenvalue weighted by molar-refractivity contribution is 0.374. The number of hydrogen-bond donors (Lipinski definition) is 1. The van der Waals surface area contributed by atoms with Crippen LogP contribution in [0.1, 0.15) is 59.0 Å². The monoisotopic (exact) mass is 409 g/mol. The van der Waals surface area contributed by atoms with E-state index in [0.29, 0.717) is 17.6 Å². The minimum atomic E-state index is -0.0161. The Bertz CT molecular complexity index is 1110. The standard InChI is InChI=1S/C28H27NO2/c1-19-22(15-16-25-24(19)13-8-14-26(25)30)17-23-18-31-28(29-23)27(20-9-4-2-5-10-20)21-11-6-3-7-12-21/h2-14,18-19,22,27,30H,15-17H2,1H3. The normalized spacial score (nSPS) is 18.1. The third kappa shape index (κ3) is 3.88. The molecule has 0 aliphatic heterocycles. The molecule has 3 heteroatoms. The summed E-state index contributed by atoms with van der Waals surface area (Å²) in [4.78, 5) is 4.95. The molecule has 0 spiro atoms. The average molecular weight is 410 g/mol. The second kappa shape index (κ2) is 8.43. The molecule has 4 aromatic rings. The summed E-state index contributed by atoms with van der Waals surface area (Å²) in [5.41, 5.74) is 5.74. The largest absolute Gasteiger partial charge is 0.508 e. The molecule has 1 aliphatic carbocycles. The van der Waals surface area contributed by atoms with Crippen LogP contribution in [-0.2, 0) is 12.8 Å². The number of hydrogen-bond acceptors (Lipinski definition) is 3. The zero-order valence-corrected chi connectivity index (χ0v) is 17.7. The highest BCUT2D eigenvalue weighted by Gasteiger charge is 2.29. The quantitative estimate of drug-likeness (QED) is 0.411. The van der Waals surface area contributed by atoms with Crippen LogP contribution in [0.25, 0.3) is 0 Å². The summed E-state index contributed by atoms with van der Waals surface area (Å²) in [5.74, 6) is 2.03.